The van der Waals surface area contributed by atoms with Gasteiger partial charge >= 0.3 is 5.97 Å². The summed E-state index contributed by atoms with van der Waals surface area (Å²) in [6, 6.07) is 7.41. The van der Waals surface area contributed by atoms with Crippen molar-refractivity contribution in [3.05, 3.63) is 29.8 Å². The zero-order valence-electron chi connectivity index (χ0n) is 7.49. The predicted octanol–water partition coefficient (Wildman–Crippen LogP) is 1.71. The molecule has 0 aliphatic carbocycles. The number of hydrogen-bond donors (Lipinski definition) is 1. The minimum atomic E-state index is -0.768. The van der Waals surface area contributed by atoms with Crippen molar-refractivity contribution in [2.24, 2.45) is 0 Å². The molecule has 0 aliphatic heterocycles. The maximum Gasteiger partial charge on any atom is 0.303 e. The van der Waals surface area contributed by atoms with Gasteiger partial charge < -0.3 is 9.84 Å². The van der Waals surface area contributed by atoms with E-state index in [-0.39, 0.29) is 6.42 Å². The van der Waals surface area contributed by atoms with Gasteiger partial charge in [0.25, 0.3) is 0 Å². The molecule has 0 radical (unpaired) electrons. The lowest BCUT2D eigenvalue weighted by molar-refractivity contribution is -0.136. The van der Waals surface area contributed by atoms with E-state index in [9.17, 15) is 4.79 Å². The molecule has 0 unspecified atom stereocenters. The van der Waals surface area contributed by atoms with Crippen LogP contribution in [-0.4, -0.2) is 18.2 Å². The van der Waals surface area contributed by atoms with Gasteiger partial charge in [0.2, 0.25) is 0 Å². The molecule has 3 nitrogen and oxygen atoms in total. The highest BCUT2D eigenvalue weighted by molar-refractivity contribution is 5.67. The molecule has 0 aromatic heterocycles. The van der Waals surface area contributed by atoms with Gasteiger partial charge in [-0.1, -0.05) is 12.1 Å². The van der Waals surface area contributed by atoms with E-state index in [0.717, 1.165) is 11.3 Å². The number of methoxy groups -OCH3 is 1. The Labute approximate surface area is 77.0 Å². The van der Waals surface area contributed by atoms with E-state index >= 15 is 0 Å². The van der Waals surface area contributed by atoms with Crippen LogP contribution >= 0.6 is 0 Å². The van der Waals surface area contributed by atoms with E-state index in [0.29, 0.717) is 6.42 Å². The van der Waals surface area contributed by atoms with Gasteiger partial charge in [-0.2, -0.15) is 0 Å². The Kier molecular flexibility index (Phi) is 3.31. The quantitative estimate of drug-likeness (QED) is 0.719. The van der Waals surface area contributed by atoms with Gasteiger partial charge in [-0.25, -0.2) is 0 Å². The zero-order chi connectivity index (χ0) is 9.68. The molecule has 0 spiro atoms. The van der Waals surface area contributed by atoms with Crippen LogP contribution < -0.4 is 4.74 Å². The van der Waals surface area contributed by atoms with Gasteiger partial charge in [0.1, 0.15) is 5.75 Å². The average molecular weight is 181 g/mol. The largest absolute Gasteiger partial charge is 0.497 e. The van der Waals surface area contributed by atoms with Crippen LogP contribution in [0.4, 0.5) is 0 Å². The third-order valence-corrected chi connectivity index (χ3v) is 1.79. The molecule has 0 aliphatic rings. The molecule has 0 saturated carbocycles. The Morgan fingerprint density at radius 3 is 2.46 bits per heavy atom. The van der Waals surface area contributed by atoms with Crippen LogP contribution in [0.1, 0.15) is 12.0 Å². The number of aryl methyl sites for hydroxylation is 1. The van der Waals surface area contributed by atoms with E-state index in [1.165, 1.54) is 0 Å². The fraction of sp³-hybridized carbons (Fsp3) is 0.300. The summed E-state index contributed by atoms with van der Waals surface area (Å²) in [5.41, 5.74) is 1.02. The first-order chi connectivity index (χ1) is 6.22. The Bertz CT molecular complexity index is 277. The lowest BCUT2D eigenvalue weighted by Crippen LogP contribution is -1.97. The topological polar surface area (TPSA) is 46.5 Å². The first-order valence-electron chi connectivity index (χ1n) is 4.07. The van der Waals surface area contributed by atoms with Crippen molar-refractivity contribution in [3.8, 4) is 5.75 Å². The number of carboxylic acids is 1. The Morgan fingerprint density at radius 1 is 1.38 bits per heavy atom. The molecule has 0 fully saturated rings. The summed E-state index contributed by atoms with van der Waals surface area (Å²) in [6.07, 6.45) is 0.742. The maximum absolute atomic E-state index is 10.3. The van der Waals surface area contributed by atoms with E-state index in [2.05, 4.69) is 0 Å². The number of carbonyl (C=O) groups is 1. The summed E-state index contributed by atoms with van der Waals surface area (Å²) in [5, 5.41) is 8.45. The number of hydrogen-bond acceptors (Lipinski definition) is 2. The Morgan fingerprint density at radius 2 is 2.00 bits per heavy atom. The molecule has 0 saturated heterocycles. The van der Waals surface area contributed by atoms with E-state index in [4.69, 9.17) is 9.84 Å². The molecule has 3 heteroatoms. The number of carboxylic acid groups (broad SMARTS) is 1. The minimum absolute atomic E-state index is 0.173. The highest BCUT2D eigenvalue weighted by atomic mass is 16.5. The van der Waals surface area contributed by atoms with Crippen molar-refractivity contribution in [3.63, 3.8) is 0 Å². The fourth-order valence-electron chi connectivity index (χ4n) is 1.04. The molecule has 1 rings (SSSR count). The van der Waals surface area contributed by atoms with Crippen LogP contribution in [0.3, 0.4) is 0 Å². The molecule has 1 aromatic rings. The SMILES string of the molecule is COc1ccc(CC[13C](=O)O)cc1. The standard InChI is InChI=1S/C10H12O3/c1-13-9-5-2-8(3-6-9)4-7-10(11)12/h2-3,5-6H,4,7H2,1H3,(H,11,12)/i10+1. The molecular weight excluding hydrogens is 169 g/mol. The van der Waals surface area contributed by atoms with Crippen LogP contribution in [0.25, 0.3) is 0 Å². The molecule has 0 amide bonds. The summed E-state index contributed by atoms with van der Waals surface area (Å²) in [7, 11) is 1.60. The van der Waals surface area contributed by atoms with Gasteiger partial charge in [-0.05, 0) is 24.1 Å². The molecular formula is C10H12O3. The molecule has 70 valence electrons. The highest BCUT2D eigenvalue weighted by Crippen LogP contribution is 2.12. The summed E-state index contributed by atoms with van der Waals surface area (Å²) in [5.74, 6) is 0.0230. The Hall–Kier alpha value is -1.51. The van der Waals surface area contributed by atoms with Gasteiger partial charge in [0.05, 0.1) is 7.11 Å². The Balaban J connectivity index is 2.54. The highest BCUT2D eigenvalue weighted by Gasteiger charge is 1.98. The maximum atomic E-state index is 10.3. The molecule has 1 N–H and O–H groups in total. The van der Waals surface area contributed by atoms with Gasteiger partial charge in [0, 0.05) is 6.42 Å². The third-order valence-electron chi connectivity index (χ3n) is 1.79. The van der Waals surface area contributed by atoms with Crippen LogP contribution in [0, 0.1) is 0 Å². The van der Waals surface area contributed by atoms with Crippen LogP contribution in [0.2, 0.25) is 0 Å². The van der Waals surface area contributed by atoms with Crippen molar-refractivity contribution < 1.29 is 14.6 Å². The van der Waals surface area contributed by atoms with Crippen molar-refractivity contribution >= 4 is 5.97 Å². The second-order valence-corrected chi connectivity index (χ2v) is 2.74. The van der Waals surface area contributed by atoms with Crippen molar-refractivity contribution in [2.45, 2.75) is 12.8 Å². The third kappa shape index (κ3) is 3.15. The summed E-state index contributed by atoms with van der Waals surface area (Å²) in [6.45, 7) is 0. The second kappa shape index (κ2) is 4.50. The fourth-order valence-corrected chi connectivity index (χ4v) is 1.04. The van der Waals surface area contributed by atoms with Gasteiger partial charge in [0.15, 0.2) is 0 Å². The normalized spacial score (nSPS) is 9.62. The monoisotopic (exact) mass is 181 g/mol. The first-order valence-corrected chi connectivity index (χ1v) is 4.07. The van der Waals surface area contributed by atoms with E-state index < -0.39 is 5.97 Å². The van der Waals surface area contributed by atoms with Crippen molar-refractivity contribution in [2.75, 3.05) is 7.11 Å². The summed E-state index contributed by atoms with van der Waals surface area (Å²) < 4.78 is 4.98. The molecule has 0 heterocycles. The second-order valence-electron chi connectivity index (χ2n) is 2.74. The summed E-state index contributed by atoms with van der Waals surface area (Å²) >= 11 is 0. The minimum Gasteiger partial charge on any atom is -0.497 e. The molecule has 13 heavy (non-hydrogen) atoms. The lowest BCUT2D eigenvalue weighted by Gasteiger charge is -2.01. The van der Waals surface area contributed by atoms with E-state index in [1.807, 2.05) is 24.3 Å². The lowest BCUT2D eigenvalue weighted by atomic mass is 10.1. The molecule has 0 bridgehead atoms. The smallest absolute Gasteiger partial charge is 0.303 e. The zero-order valence-corrected chi connectivity index (χ0v) is 7.49. The number of ether oxygens (including phenoxy) is 1. The van der Waals surface area contributed by atoms with E-state index in [1.54, 1.807) is 7.11 Å². The number of benzene rings is 1. The van der Waals surface area contributed by atoms with Crippen LogP contribution in [-0.2, 0) is 11.2 Å². The first kappa shape index (κ1) is 9.58. The van der Waals surface area contributed by atoms with Gasteiger partial charge in [-0.3, -0.25) is 4.79 Å². The average Bonchev–Trinajstić information content (AvgIpc) is 2.15. The number of rotatable bonds is 4. The van der Waals surface area contributed by atoms with Gasteiger partial charge in [-0.15, -0.1) is 0 Å². The van der Waals surface area contributed by atoms with Crippen molar-refractivity contribution in [1.82, 2.24) is 0 Å². The van der Waals surface area contributed by atoms with Crippen LogP contribution in [0.15, 0.2) is 24.3 Å². The van der Waals surface area contributed by atoms with Crippen LogP contribution in [0.5, 0.6) is 5.75 Å². The number of aliphatic carboxylic acids is 1. The summed E-state index contributed by atoms with van der Waals surface area (Å²) in [4.78, 5) is 10.3. The van der Waals surface area contributed by atoms with Crippen molar-refractivity contribution in [1.29, 1.82) is 0 Å². The molecule has 0 atom stereocenters. The predicted molar refractivity (Wildman–Crippen MR) is 49.0 cm³/mol. The molecule has 1 aromatic carbocycles.